The van der Waals surface area contributed by atoms with Gasteiger partial charge in [0, 0.05) is 13.1 Å². The molecule has 110 valence electrons. The van der Waals surface area contributed by atoms with Gasteiger partial charge in [0.15, 0.2) is 0 Å². The molecule has 1 aromatic carbocycles. The number of halogens is 2. The predicted octanol–water partition coefficient (Wildman–Crippen LogP) is 1.17. The molecule has 1 aliphatic rings. The summed E-state index contributed by atoms with van der Waals surface area (Å²) in [5.41, 5.74) is 4.10. The van der Waals surface area contributed by atoms with E-state index in [0.717, 1.165) is 4.31 Å². The lowest BCUT2D eigenvalue weighted by atomic mass is 10.0. The molecule has 6 nitrogen and oxygen atoms in total. The minimum Gasteiger partial charge on any atom is -0.480 e. The van der Waals surface area contributed by atoms with Gasteiger partial charge < -0.3 is 10.8 Å². The van der Waals surface area contributed by atoms with E-state index in [2.05, 4.69) is 0 Å². The number of nitrogens with two attached hydrogens (primary N) is 1. The summed E-state index contributed by atoms with van der Waals surface area (Å²) >= 11 is 11.7. The summed E-state index contributed by atoms with van der Waals surface area (Å²) < 4.78 is 25.9. The fourth-order valence-corrected chi connectivity index (χ4v) is 4.25. The summed E-state index contributed by atoms with van der Waals surface area (Å²) in [5, 5.41) is 9.06. The lowest BCUT2D eigenvalue weighted by Crippen LogP contribution is -2.50. The third kappa shape index (κ3) is 2.51. The summed E-state index contributed by atoms with van der Waals surface area (Å²) in [6.45, 7) is -0.276. The first-order chi connectivity index (χ1) is 9.18. The molecule has 0 bridgehead atoms. The predicted molar refractivity (Wildman–Crippen MR) is 74.4 cm³/mol. The van der Waals surface area contributed by atoms with Gasteiger partial charge in [-0.2, -0.15) is 4.31 Å². The van der Waals surface area contributed by atoms with E-state index < -0.39 is 21.5 Å². The number of rotatable bonds is 3. The molecular weight excluding hydrogens is 327 g/mol. The second-order valence-corrected chi connectivity index (χ2v) is 7.29. The maximum absolute atomic E-state index is 12.5. The molecule has 1 aromatic rings. The van der Waals surface area contributed by atoms with Crippen LogP contribution in [0.1, 0.15) is 6.42 Å². The van der Waals surface area contributed by atoms with Crippen LogP contribution < -0.4 is 5.73 Å². The van der Waals surface area contributed by atoms with Crippen molar-refractivity contribution in [2.75, 3.05) is 13.1 Å². The summed E-state index contributed by atoms with van der Waals surface area (Å²) in [5.74, 6) is -1.23. The number of hydrogen-bond donors (Lipinski definition) is 2. The lowest BCUT2D eigenvalue weighted by molar-refractivity contribution is -0.142. The van der Waals surface area contributed by atoms with Crippen molar-refractivity contribution in [2.45, 2.75) is 16.9 Å². The fraction of sp³-hybridized carbons (Fsp3) is 0.364. The van der Waals surface area contributed by atoms with Crippen molar-refractivity contribution in [1.29, 1.82) is 0 Å². The smallest absolute Gasteiger partial charge is 0.325 e. The van der Waals surface area contributed by atoms with E-state index in [1.54, 1.807) is 0 Å². The summed E-state index contributed by atoms with van der Waals surface area (Å²) in [6, 6.07) is 4.25. The van der Waals surface area contributed by atoms with E-state index in [-0.39, 0.29) is 34.5 Å². The second-order valence-electron chi connectivity index (χ2n) is 4.60. The number of carboxylic acids is 1. The van der Waals surface area contributed by atoms with Crippen molar-refractivity contribution < 1.29 is 18.3 Å². The molecule has 3 N–H and O–H groups in total. The van der Waals surface area contributed by atoms with E-state index >= 15 is 0 Å². The number of carboxylic acid groups (broad SMARTS) is 1. The fourth-order valence-electron chi connectivity index (χ4n) is 2.00. The third-order valence-electron chi connectivity index (χ3n) is 3.23. The SMILES string of the molecule is NC1(C(=O)O)CCN(S(=O)(=O)c2cccc(Cl)c2Cl)C1. The van der Waals surface area contributed by atoms with Crippen LogP contribution in [-0.2, 0) is 14.8 Å². The maximum atomic E-state index is 12.5. The van der Waals surface area contributed by atoms with Gasteiger partial charge >= 0.3 is 5.97 Å². The molecule has 0 amide bonds. The zero-order valence-electron chi connectivity index (χ0n) is 10.2. The van der Waals surface area contributed by atoms with E-state index in [9.17, 15) is 13.2 Å². The van der Waals surface area contributed by atoms with Crippen LogP contribution in [0.4, 0.5) is 0 Å². The molecule has 0 radical (unpaired) electrons. The van der Waals surface area contributed by atoms with Gasteiger partial charge in [-0.25, -0.2) is 8.42 Å². The van der Waals surface area contributed by atoms with Gasteiger partial charge in [-0.3, -0.25) is 4.79 Å². The highest BCUT2D eigenvalue weighted by molar-refractivity contribution is 7.89. The van der Waals surface area contributed by atoms with Gasteiger partial charge in [-0.1, -0.05) is 29.3 Å². The van der Waals surface area contributed by atoms with Crippen molar-refractivity contribution in [2.24, 2.45) is 5.73 Å². The molecule has 1 heterocycles. The molecule has 1 unspecified atom stereocenters. The Hall–Kier alpha value is -0.860. The molecule has 1 fully saturated rings. The van der Waals surface area contributed by atoms with Crippen molar-refractivity contribution in [3.8, 4) is 0 Å². The average molecular weight is 339 g/mol. The number of sulfonamides is 1. The second kappa shape index (κ2) is 5.16. The molecular formula is C11H12Cl2N2O4S. The van der Waals surface area contributed by atoms with Gasteiger partial charge in [-0.15, -0.1) is 0 Å². The van der Waals surface area contributed by atoms with E-state index in [4.69, 9.17) is 34.0 Å². The topological polar surface area (TPSA) is 101 Å². The molecule has 20 heavy (non-hydrogen) atoms. The van der Waals surface area contributed by atoms with Gasteiger partial charge in [0.25, 0.3) is 0 Å². The first kappa shape index (κ1) is 15.5. The molecule has 1 atom stereocenters. The van der Waals surface area contributed by atoms with E-state index in [0.29, 0.717) is 0 Å². The number of carbonyl (C=O) groups is 1. The van der Waals surface area contributed by atoms with Crippen LogP contribution in [-0.4, -0.2) is 42.4 Å². The molecule has 1 saturated heterocycles. The van der Waals surface area contributed by atoms with Crippen molar-refractivity contribution >= 4 is 39.2 Å². The van der Waals surface area contributed by atoms with Gasteiger partial charge in [0.1, 0.15) is 10.4 Å². The van der Waals surface area contributed by atoms with Gasteiger partial charge in [0.05, 0.1) is 10.0 Å². The Labute approximate surface area is 126 Å². The Bertz CT molecular complexity index is 664. The van der Waals surface area contributed by atoms with Crippen LogP contribution in [0, 0.1) is 0 Å². The Morgan fingerprint density at radius 2 is 2.05 bits per heavy atom. The van der Waals surface area contributed by atoms with Gasteiger partial charge in [0.2, 0.25) is 10.0 Å². The largest absolute Gasteiger partial charge is 0.480 e. The maximum Gasteiger partial charge on any atom is 0.325 e. The Kier molecular flexibility index (Phi) is 4.01. The average Bonchev–Trinajstić information content (AvgIpc) is 2.77. The summed E-state index contributed by atoms with van der Waals surface area (Å²) in [4.78, 5) is 10.9. The standard InChI is InChI=1S/C11H12Cl2N2O4S/c12-7-2-1-3-8(9(7)13)20(18,19)15-5-4-11(14,6-15)10(16)17/h1-3H,4-6,14H2,(H,16,17). The van der Waals surface area contributed by atoms with Crippen LogP contribution >= 0.6 is 23.2 Å². The summed E-state index contributed by atoms with van der Waals surface area (Å²) in [6.07, 6.45) is 0.0414. The van der Waals surface area contributed by atoms with Crippen molar-refractivity contribution in [3.05, 3.63) is 28.2 Å². The van der Waals surface area contributed by atoms with Crippen LogP contribution in [0.15, 0.2) is 23.1 Å². The number of nitrogens with zero attached hydrogens (tertiary/aromatic N) is 1. The lowest BCUT2D eigenvalue weighted by Gasteiger charge is -2.20. The monoisotopic (exact) mass is 338 g/mol. The third-order valence-corrected chi connectivity index (χ3v) is 6.04. The quantitative estimate of drug-likeness (QED) is 0.861. The van der Waals surface area contributed by atoms with Crippen LogP contribution in [0.25, 0.3) is 0 Å². The zero-order valence-corrected chi connectivity index (χ0v) is 12.5. The minimum atomic E-state index is -3.92. The van der Waals surface area contributed by atoms with Crippen LogP contribution in [0.3, 0.4) is 0 Å². The van der Waals surface area contributed by atoms with Crippen LogP contribution in [0.5, 0.6) is 0 Å². The Morgan fingerprint density at radius 3 is 2.60 bits per heavy atom. The highest BCUT2D eigenvalue weighted by Crippen LogP contribution is 2.33. The highest BCUT2D eigenvalue weighted by atomic mass is 35.5. The molecule has 0 aliphatic carbocycles. The Morgan fingerprint density at radius 1 is 1.40 bits per heavy atom. The van der Waals surface area contributed by atoms with Crippen LogP contribution in [0.2, 0.25) is 10.0 Å². The molecule has 0 saturated carbocycles. The molecule has 0 aromatic heterocycles. The van der Waals surface area contributed by atoms with Crippen molar-refractivity contribution in [3.63, 3.8) is 0 Å². The first-order valence-electron chi connectivity index (χ1n) is 5.65. The molecule has 9 heteroatoms. The van der Waals surface area contributed by atoms with E-state index in [1.807, 2.05) is 0 Å². The minimum absolute atomic E-state index is 0.0218. The van der Waals surface area contributed by atoms with E-state index in [1.165, 1.54) is 18.2 Å². The number of aliphatic carboxylic acids is 1. The normalized spacial score (nSPS) is 23.9. The van der Waals surface area contributed by atoms with Gasteiger partial charge in [-0.05, 0) is 18.6 Å². The molecule has 2 rings (SSSR count). The first-order valence-corrected chi connectivity index (χ1v) is 7.84. The summed E-state index contributed by atoms with van der Waals surface area (Å²) in [7, 11) is -3.92. The zero-order chi connectivity index (χ0) is 15.1. The Balaban J connectivity index is 2.38. The molecule has 1 aliphatic heterocycles. The highest BCUT2D eigenvalue weighted by Gasteiger charge is 2.46. The van der Waals surface area contributed by atoms with Crippen molar-refractivity contribution in [1.82, 2.24) is 4.31 Å². The molecule has 0 spiro atoms. The number of hydrogen-bond acceptors (Lipinski definition) is 4. The number of benzene rings is 1.